The SMILES string of the molecule is Cn1c(=O)cc(-c2cccc(Cl)c2)c2cccc(C(CO)(c3ccc(Cl)cc3)c3ncc[nH]3)c21. The summed E-state index contributed by atoms with van der Waals surface area (Å²) in [5.74, 6) is 0.561. The Balaban J connectivity index is 1.92. The molecule has 3 aromatic carbocycles. The molecule has 5 rings (SSSR count). The van der Waals surface area contributed by atoms with Gasteiger partial charge in [0.2, 0.25) is 0 Å². The molecule has 0 fully saturated rings. The van der Waals surface area contributed by atoms with Crippen molar-refractivity contribution in [1.29, 1.82) is 0 Å². The number of hydrogen-bond acceptors (Lipinski definition) is 3. The number of hydrogen-bond donors (Lipinski definition) is 2. The Morgan fingerprint density at radius 1 is 1.00 bits per heavy atom. The highest BCUT2D eigenvalue weighted by atomic mass is 35.5. The summed E-state index contributed by atoms with van der Waals surface area (Å²) in [6, 6.07) is 22.2. The van der Waals surface area contributed by atoms with Crippen LogP contribution in [-0.2, 0) is 12.5 Å². The van der Waals surface area contributed by atoms with Crippen LogP contribution in [0.1, 0.15) is 17.0 Å². The van der Waals surface area contributed by atoms with Gasteiger partial charge in [-0.3, -0.25) is 4.79 Å². The van der Waals surface area contributed by atoms with E-state index < -0.39 is 5.41 Å². The molecule has 0 saturated heterocycles. The van der Waals surface area contributed by atoms with Gasteiger partial charge < -0.3 is 14.7 Å². The summed E-state index contributed by atoms with van der Waals surface area (Å²) in [6.07, 6.45) is 3.37. The number of para-hydroxylation sites is 1. The molecule has 0 amide bonds. The Labute approximate surface area is 206 Å². The van der Waals surface area contributed by atoms with Crippen LogP contribution in [0.15, 0.2) is 90.0 Å². The standard InChI is InChI=1S/C27H21Cl2N3O2/c1-32-24(34)15-22(17-4-2-5-20(29)14-17)21-6-3-7-23(25(21)32)27(16-33,26-30-12-13-31-26)18-8-10-19(28)11-9-18/h2-15,33H,16H2,1H3,(H,30,31). The van der Waals surface area contributed by atoms with E-state index in [1.807, 2.05) is 48.5 Å². The van der Waals surface area contributed by atoms with Crippen LogP contribution in [0, 0.1) is 0 Å². The van der Waals surface area contributed by atoms with Gasteiger partial charge in [-0.25, -0.2) is 4.98 Å². The number of imidazole rings is 1. The molecule has 34 heavy (non-hydrogen) atoms. The van der Waals surface area contributed by atoms with Crippen molar-refractivity contribution in [3.8, 4) is 11.1 Å². The molecule has 0 saturated carbocycles. The van der Waals surface area contributed by atoms with E-state index >= 15 is 0 Å². The molecule has 0 aliphatic carbocycles. The quantitative estimate of drug-likeness (QED) is 0.339. The lowest BCUT2D eigenvalue weighted by Crippen LogP contribution is -2.36. The fourth-order valence-electron chi connectivity index (χ4n) is 4.67. The van der Waals surface area contributed by atoms with Crippen molar-refractivity contribution in [2.75, 3.05) is 6.61 Å². The van der Waals surface area contributed by atoms with E-state index in [0.29, 0.717) is 21.4 Å². The molecular formula is C27H21Cl2N3O2. The minimum absolute atomic E-state index is 0.169. The predicted octanol–water partition coefficient (Wildman–Crippen LogP) is 5.56. The summed E-state index contributed by atoms with van der Waals surface area (Å²) >= 11 is 12.4. The van der Waals surface area contributed by atoms with Crippen LogP contribution in [0.3, 0.4) is 0 Å². The maximum absolute atomic E-state index is 13.2. The van der Waals surface area contributed by atoms with Gasteiger partial charge in [0.15, 0.2) is 0 Å². The number of aryl methyl sites for hydroxylation is 1. The van der Waals surface area contributed by atoms with Crippen molar-refractivity contribution < 1.29 is 5.11 Å². The van der Waals surface area contributed by atoms with E-state index in [1.165, 1.54) is 0 Å². The van der Waals surface area contributed by atoms with Gasteiger partial charge in [-0.1, -0.05) is 65.7 Å². The van der Waals surface area contributed by atoms with Gasteiger partial charge in [-0.05, 0) is 46.5 Å². The largest absolute Gasteiger partial charge is 0.395 e. The Bertz CT molecular complexity index is 1540. The Kier molecular flexibility index (Phi) is 5.78. The molecule has 170 valence electrons. The lowest BCUT2D eigenvalue weighted by Gasteiger charge is -2.33. The molecule has 0 radical (unpaired) electrons. The van der Waals surface area contributed by atoms with E-state index in [1.54, 1.807) is 48.3 Å². The van der Waals surface area contributed by atoms with Crippen molar-refractivity contribution in [3.63, 3.8) is 0 Å². The number of halogens is 2. The van der Waals surface area contributed by atoms with Gasteiger partial charge in [0.1, 0.15) is 11.2 Å². The van der Waals surface area contributed by atoms with Gasteiger partial charge in [-0.15, -0.1) is 0 Å². The second-order valence-corrected chi connectivity index (χ2v) is 9.05. The second kappa shape index (κ2) is 8.76. The lowest BCUT2D eigenvalue weighted by molar-refractivity contribution is 0.238. The zero-order valence-corrected chi connectivity index (χ0v) is 19.8. The van der Waals surface area contributed by atoms with E-state index in [-0.39, 0.29) is 12.2 Å². The van der Waals surface area contributed by atoms with Crippen LogP contribution in [0.4, 0.5) is 0 Å². The van der Waals surface area contributed by atoms with E-state index in [9.17, 15) is 9.90 Å². The number of rotatable bonds is 5. The Morgan fingerprint density at radius 2 is 1.76 bits per heavy atom. The molecule has 2 N–H and O–H groups in total. The third-order valence-corrected chi connectivity index (χ3v) is 6.82. The molecule has 0 bridgehead atoms. The third-order valence-electron chi connectivity index (χ3n) is 6.33. The maximum atomic E-state index is 13.2. The molecule has 5 aromatic rings. The highest BCUT2D eigenvalue weighted by Gasteiger charge is 2.40. The van der Waals surface area contributed by atoms with Gasteiger partial charge >= 0.3 is 0 Å². The topological polar surface area (TPSA) is 70.9 Å². The summed E-state index contributed by atoms with van der Waals surface area (Å²) < 4.78 is 1.61. The number of aliphatic hydroxyl groups is 1. The van der Waals surface area contributed by atoms with Crippen LogP contribution in [0.2, 0.25) is 10.0 Å². The van der Waals surface area contributed by atoms with Crippen LogP contribution in [-0.4, -0.2) is 26.2 Å². The van der Waals surface area contributed by atoms with Crippen molar-refractivity contribution in [2.24, 2.45) is 7.05 Å². The van der Waals surface area contributed by atoms with E-state index in [0.717, 1.165) is 27.6 Å². The number of pyridine rings is 1. The van der Waals surface area contributed by atoms with Crippen molar-refractivity contribution in [2.45, 2.75) is 5.41 Å². The van der Waals surface area contributed by atoms with E-state index in [4.69, 9.17) is 23.2 Å². The molecule has 5 nitrogen and oxygen atoms in total. The second-order valence-electron chi connectivity index (χ2n) is 8.18. The number of aromatic amines is 1. The van der Waals surface area contributed by atoms with Crippen LogP contribution in [0.25, 0.3) is 22.0 Å². The molecule has 2 aromatic heterocycles. The molecule has 0 spiro atoms. The highest BCUT2D eigenvalue weighted by Crippen LogP contribution is 2.42. The number of benzene rings is 3. The first-order valence-electron chi connectivity index (χ1n) is 10.7. The Morgan fingerprint density at radius 3 is 2.44 bits per heavy atom. The summed E-state index contributed by atoms with van der Waals surface area (Å²) in [5.41, 5.74) is 2.61. The summed E-state index contributed by atoms with van der Waals surface area (Å²) in [5, 5.41) is 13.0. The zero-order valence-electron chi connectivity index (χ0n) is 18.3. The fraction of sp³-hybridized carbons (Fsp3) is 0.111. The molecular weight excluding hydrogens is 469 g/mol. The van der Waals surface area contributed by atoms with Gasteiger partial charge in [0.25, 0.3) is 5.56 Å². The summed E-state index contributed by atoms with van der Waals surface area (Å²) in [4.78, 5) is 20.9. The average Bonchev–Trinajstić information content (AvgIpc) is 3.38. The fourth-order valence-corrected chi connectivity index (χ4v) is 4.99. The van der Waals surface area contributed by atoms with Crippen molar-refractivity contribution in [1.82, 2.24) is 14.5 Å². The number of fused-ring (bicyclic) bond motifs is 1. The number of aromatic nitrogens is 3. The first kappa shape index (κ1) is 22.4. The van der Waals surface area contributed by atoms with Crippen LogP contribution < -0.4 is 5.56 Å². The van der Waals surface area contributed by atoms with Gasteiger partial charge in [-0.2, -0.15) is 0 Å². The number of H-pyrrole nitrogens is 1. The normalized spacial score (nSPS) is 13.2. The molecule has 7 heteroatoms. The minimum Gasteiger partial charge on any atom is -0.395 e. The van der Waals surface area contributed by atoms with Crippen molar-refractivity contribution >= 4 is 34.1 Å². The monoisotopic (exact) mass is 489 g/mol. The predicted molar refractivity (Wildman–Crippen MR) is 137 cm³/mol. The number of nitrogens with zero attached hydrogens (tertiary/aromatic N) is 2. The van der Waals surface area contributed by atoms with Crippen LogP contribution >= 0.6 is 23.2 Å². The third kappa shape index (κ3) is 3.53. The number of nitrogens with one attached hydrogen (secondary N) is 1. The molecule has 2 heterocycles. The molecule has 0 aliphatic rings. The number of aliphatic hydroxyl groups excluding tert-OH is 1. The average molecular weight is 490 g/mol. The van der Waals surface area contributed by atoms with Gasteiger partial charge in [0.05, 0.1) is 12.1 Å². The first-order valence-corrected chi connectivity index (χ1v) is 11.5. The van der Waals surface area contributed by atoms with Crippen LogP contribution in [0.5, 0.6) is 0 Å². The summed E-state index contributed by atoms with van der Waals surface area (Å²) in [6.45, 7) is -0.281. The van der Waals surface area contributed by atoms with Crippen molar-refractivity contribution in [3.05, 3.63) is 123 Å². The lowest BCUT2D eigenvalue weighted by atomic mass is 9.73. The maximum Gasteiger partial charge on any atom is 0.251 e. The highest BCUT2D eigenvalue weighted by molar-refractivity contribution is 6.31. The molecule has 1 unspecified atom stereocenters. The summed E-state index contributed by atoms with van der Waals surface area (Å²) in [7, 11) is 1.74. The molecule has 0 aliphatic heterocycles. The molecule has 1 atom stereocenters. The Hall–Kier alpha value is -3.38. The zero-order chi connectivity index (χ0) is 23.9. The van der Waals surface area contributed by atoms with E-state index in [2.05, 4.69) is 9.97 Å². The van der Waals surface area contributed by atoms with Gasteiger partial charge in [0, 0.05) is 40.9 Å². The first-order chi connectivity index (χ1) is 16.5. The smallest absolute Gasteiger partial charge is 0.251 e. The minimum atomic E-state index is -1.06.